The second-order valence-electron chi connectivity index (χ2n) is 8.74. The third-order valence-corrected chi connectivity index (χ3v) is 6.31. The molecule has 1 fully saturated rings. The molecule has 1 aromatic carbocycles. The molecular weight excluding hydrogens is 460 g/mol. The van der Waals surface area contributed by atoms with Crippen molar-refractivity contribution >= 4 is 35.1 Å². The second kappa shape index (κ2) is 14.0. The summed E-state index contributed by atoms with van der Waals surface area (Å²) in [6.07, 6.45) is 6.95. The Balaban J connectivity index is 0.000000604. The van der Waals surface area contributed by atoms with Crippen LogP contribution in [-0.4, -0.2) is 60.1 Å². The molecule has 9 nitrogen and oxygen atoms in total. The highest BCUT2D eigenvalue weighted by Crippen LogP contribution is 2.38. The van der Waals surface area contributed by atoms with Crippen LogP contribution in [0.2, 0.25) is 5.02 Å². The van der Waals surface area contributed by atoms with E-state index in [1.165, 1.54) is 0 Å². The predicted octanol–water partition coefficient (Wildman–Crippen LogP) is 2.97. The summed E-state index contributed by atoms with van der Waals surface area (Å²) in [5, 5.41) is 11.4. The molecule has 0 bridgehead atoms. The number of likely N-dealkylation sites (tertiary alicyclic amines) is 1. The van der Waals surface area contributed by atoms with Crippen molar-refractivity contribution in [1.82, 2.24) is 10.2 Å². The number of halogens is 1. The highest BCUT2D eigenvalue weighted by Gasteiger charge is 2.27. The molecule has 0 aliphatic carbocycles. The summed E-state index contributed by atoms with van der Waals surface area (Å²) in [4.78, 5) is 35.5. The lowest BCUT2D eigenvalue weighted by Gasteiger charge is -2.32. The molecule has 2 amide bonds. The molecule has 0 saturated carbocycles. The van der Waals surface area contributed by atoms with Crippen LogP contribution >= 0.6 is 11.6 Å². The molecule has 10 heteroatoms. The molecular formula is C24H37ClN4O5. The van der Waals surface area contributed by atoms with Gasteiger partial charge in [-0.3, -0.25) is 14.4 Å². The number of rotatable bonds is 10. The average Bonchev–Trinajstić information content (AvgIpc) is 3.27. The summed E-state index contributed by atoms with van der Waals surface area (Å²) < 4.78 is 5.64. The largest absolute Gasteiger partial charge is 0.492 e. The minimum Gasteiger partial charge on any atom is -0.492 e. The van der Waals surface area contributed by atoms with Crippen LogP contribution in [0.5, 0.6) is 5.75 Å². The first-order valence-corrected chi connectivity index (χ1v) is 12.4. The molecule has 2 heterocycles. The Morgan fingerprint density at radius 2 is 1.91 bits per heavy atom. The number of carboxylic acid groups (broad SMARTS) is 1. The minimum absolute atomic E-state index is 0.145. The van der Waals surface area contributed by atoms with Gasteiger partial charge in [0.05, 0.1) is 22.9 Å². The highest BCUT2D eigenvalue weighted by molar-refractivity contribution is 6.33. The third-order valence-electron chi connectivity index (χ3n) is 6.00. The number of nitrogens with zero attached hydrogens (tertiary/aromatic N) is 1. The van der Waals surface area contributed by atoms with E-state index in [-0.39, 0.29) is 17.9 Å². The first kappa shape index (κ1) is 27.7. The fourth-order valence-electron chi connectivity index (χ4n) is 4.13. The predicted molar refractivity (Wildman–Crippen MR) is 132 cm³/mol. The Morgan fingerprint density at radius 3 is 2.50 bits per heavy atom. The van der Waals surface area contributed by atoms with Gasteiger partial charge < -0.3 is 31.5 Å². The van der Waals surface area contributed by atoms with Crippen LogP contribution in [-0.2, 0) is 16.0 Å². The molecule has 0 radical (unpaired) electrons. The van der Waals surface area contributed by atoms with Gasteiger partial charge in [-0.2, -0.15) is 0 Å². The lowest BCUT2D eigenvalue weighted by molar-refractivity contribution is -0.137. The van der Waals surface area contributed by atoms with Crippen molar-refractivity contribution < 1.29 is 24.2 Å². The minimum atomic E-state index is -0.711. The summed E-state index contributed by atoms with van der Waals surface area (Å²) in [7, 11) is 0. The van der Waals surface area contributed by atoms with E-state index in [2.05, 4.69) is 10.2 Å². The molecule has 0 aromatic heterocycles. The molecule has 2 aliphatic rings. The number of benzene rings is 1. The maximum atomic E-state index is 12.8. The van der Waals surface area contributed by atoms with Crippen molar-refractivity contribution in [3.8, 4) is 5.75 Å². The summed E-state index contributed by atoms with van der Waals surface area (Å²) in [5.41, 5.74) is 13.0. The van der Waals surface area contributed by atoms with Gasteiger partial charge in [0.2, 0.25) is 5.91 Å². The van der Waals surface area contributed by atoms with E-state index in [0.29, 0.717) is 47.9 Å². The topological polar surface area (TPSA) is 148 Å². The standard InChI is InChI=1S/C20H29ClN4O3.C4H8O2/c21-16-12-15(19-14(18(16)23)7-11-28-19)20(27)24-13-5-9-25(10-6-13)8-3-1-2-4-17(22)26;1-2-3-4(5)6/h12-13H,1-11,23H2,(H2,22,26)(H,24,27);2-3H2,1H3,(H,5,6). The number of anilines is 1. The maximum Gasteiger partial charge on any atom is 0.303 e. The van der Waals surface area contributed by atoms with Crippen molar-refractivity contribution in [1.29, 1.82) is 0 Å². The highest BCUT2D eigenvalue weighted by atomic mass is 35.5. The van der Waals surface area contributed by atoms with Gasteiger partial charge in [0.1, 0.15) is 5.75 Å². The zero-order chi connectivity index (χ0) is 25.1. The van der Waals surface area contributed by atoms with Gasteiger partial charge in [0, 0.05) is 44.0 Å². The number of piperidine rings is 1. The molecule has 3 rings (SSSR count). The van der Waals surface area contributed by atoms with Crippen molar-refractivity contribution in [3.05, 3.63) is 22.2 Å². The van der Waals surface area contributed by atoms with Crippen molar-refractivity contribution in [3.63, 3.8) is 0 Å². The molecule has 6 N–H and O–H groups in total. The van der Waals surface area contributed by atoms with E-state index in [0.717, 1.165) is 63.7 Å². The van der Waals surface area contributed by atoms with Gasteiger partial charge in [-0.15, -0.1) is 0 Å². The van der Waals surface area contributed by atoms with Gasteiger partial charge in [-0.25, -0.2) is 0 Å². The number of fused-ring (bicyclic) bond motifs is 1. The fraction of sp³-hybridized carbons (Fsp3) is 0.625. The summed E-state index contributed by atoms with van der Waals surface area (Å²) >= 11 is 6.20. The lowest BCUT2D eigenvalue weighted by Crippen LogP contribution is -2.44. The fourth-order valence-corrected chi connectivity index (χ4v) is 4.35. The molecule has 1 aromatic rings. The van der Waals surface area contributed by atoms with Crippen molar-refractivity contribution in [2.45, 2.75) is 70.8 Å². The molecule has 1 saturated heterocycles. The first-order valence-electron chi connectivity index (χ1n) is 12.0. The first-order chi connectivity index (χ1) is 16.2. The van der Waals surface area contributed by atoms with Crippen LogP contribution in [0, 0.1) is 0 Å². The Bertz CT molecular complexity index is 856. The Kier molecular flexibility index (Phi) is 11.4. The summed E-state index contributed by atoms with van der Waals surface area (Å²) in [6, 6.07) is 1.75. The number of nitrogens with one attached hydrogen (secondary N) is 1. The number of amides is 2. The molecule has 0 unspecified atom stereocenters. The Morgan fingerprint density at radius 1 is 1.21 bits per heavy atom. The summed E-state index contributed by atoms with van der Waals surface area (Å²) in [6.45, 7) is 5.30. The van der Waals surface area contributed by atoms with Crippen LogP contribution in [0.1, 0.15) is 74.2 Å². The zero-order valence-electron chi connectivity index (χ0n) is 19.9. The van der Waals surface area contributed by atoms with E-state index in [1.807, 2.05) is 6.92 Å². The van der Waals surface area contributed by atoms with Gasteiger partial charge in [-0.1, -0.05) is 24.9 Å². The van der Waals surface area contributed by atoms with Crippen molar-refractivity contribution in [2.24, 2.45) is 5.73 Å². The Hall–Kier alpha value is -2.52. The monoisotopic (exact) mass is 496 g/mol. The number of nitrogen functional groups attached to an aromatic ring is 1. The van der Waals surface area contributed by atoms with E-state index in [4.69, 9.17) is 32.9 Å². The third kappa shape index (κ3) is 8.68. The van der Waals surface area contributed by atoms with Gasteiger partial charge in [0.25, 0.3) is 5.91 Å². The van der Waals surface area contributed by atoms with Crippen LogP contribution in [0.25, 0.3) is 0 Å². The van der Waals surface area contributed by atoms with Crippen LogP contribution in [0.4, 0.5) is 5.69 Å². The van der Waals surface area contributed by atoms with E-state index < -0.39 is 5.97 Å². The molecule has 0 spiro atoms. The average molecular weight is 497 g/mol. The smallest absolute Gasteiger partial charge is 0.303 e. The number of carbonyl (C=O) groups excluding carboxylic acids is 2. The number of carboxylic acids is 1. The Labute approximate surface area is 206 Å². The van der Waals surface area contributed by atoms with Crippen LogP contribution in [0.3, 0.4) is 0 Å². The number of ether oxygens (including phenoxy) is 1. The van der Waals surface area contributed by atoms with E-state index in [1.54, 1.807) is 6.07 Å². The lowest BCUT2D eigenvalue weighted by atomic mass is 10.0. The zero-order valence-corrected chi connectivity index (χ0v) is 20.7. The maximum absolute atomic E-state index is 12.8. The second-order valence-corrected chi connectivity index (χ2v) is 9.14. The number of unbranched alkanes of at least 4 members (excludes halogenated alkanes) is 2. The molecule has 190 valence electrons. The molecule has 0 atom stereocenters. The van der Waals surface area contributed by atoms with E-state index >= 15 is 0 Å². The van der Waals surface area contributed by atoms with Gasteiger partial charge >= 0.3 is 5.97 Å². The number of primary amides is 1. The van der Waals surface area contributed by atoms with Gasteiger partial charge in [0.15, 0.2) is 0 Å². The number of aliphatic carboxylic acids is 1. The molecule has 2 aliphatic heterocycles. The number of carbonyl (C=O) groups is 3. The van der Waals surface area contributed by atoms with Crippen LogP contribution < -0.4 is 21.5 Å². The number of hydrogen-bond acceptors (Lipinski definition) is 6. The molecule has 34 heavy (non-hydrogen) atoms. The quantitative estimate of drug-likeness (QED) is 0.287. The normalized spacial score (nSPS) is 15.6. The van der Waals surface area contributed by atoms with Crippen LogP contribution in [0.15, 0.2) is 6.07 Å². The summed E-state index contributed by atoms with van der Waals surface area (Å²) in [5.74, 6) is -0.509. The number of hydrogen-bond donors (Lipinski definition) is 4. The van der Waals surface area contributed by atoms with E-state index in [9.17, 15) is 14.4 Å². The SMILES string of the molecule is CCCC(=O)O.NC(=O)CCCCCN1CCC(NC(=O)c2cc(Cl)c(N)c3c2OCC3)CC1. The number of nitrogens with two attached hydrogens (primary N) is 2. The van der Waals surface area contributed by atoms with Crippen molar-refractivity contribution in [2.75, 3.05) is 32.0 Å². The van der Waals surface area contributed by atoms with Gasteiger partial charge in [-0.05, 0) is 44.7 Å².